The molecular formula is C19H20ClN3O4. The number of carbonyl (C=O) groups excluding carboxylic acids is 3. The van der Waals surface area contributed by atoms with Crippen LogP contribution < -0.4 is 10.6 Å². The third kappa shape index (κ3) is 3.39. The molecule has 0 saturated heterocycles. The van der Waals surface area contributed by atoms with Crippen LogP contribution in [0.1, 0.15) is 37.3 Å². The number of amides is 3. The average Bonchev–Trinajstić information content (AvgIpc) is 3.28. The molecular weight excluding hydrogens is 370 g/mol. The zero-order valence-electron chi connectivity index (χ0n) is 14.7. The van der Waals surface area contributed by atoms with Crippen LogP contribution in [0.4, 0.5) is 4.79 Å². The molecule has 1 fully saturated rings. The molecule has 1 aromatic carbocycles. The lowest BCUT2D eigenvalue weighted by Crippen LogP contribution is -2.51. The maximum Gasteiger partial charge on any atom is 0.338 e. The molecule has 1 atom stereocenters. The van der Waals surface area contributed by atoms with E-state index < -0.39 is 18.0 Å². The number of nitrogens with one attached hydrogen (secondary N) is 2. The lowest BCUT2D eigenvalue weighted by Gasteiger charge is -2.33. The van der Waals surface area contributed by atoms with E-state index in [0.717, 1.165) is 25.7 Å². The quantitative estimate of drug-likeness (QED) is 0.773. The van der Waals surface area contributed by atoms with E-state index in [1.54, 1.807) is 24.3 Å². The minimum Gasteiger partial charge on any atom is -0.456 e. The second-order valence-corrected chi connectivity index (χ2v) is 7.38. The Morgan fingerprint density at radius 2 is 2.00 bits per heavy atom. The van der Waals surface area contributed by atoms with Crippen molar-refractivity contribution in [1.82, 2.24) is 15.5 Å². The number of cyclic esters (lactones) is 1. The van der Waals surface area contributed by atoms with Crippen molar-refractivity contribution in [2.24, 2.45) is 0 Å². The van der Waals surface area contributed by atoms with Gasteiger partial charge in [-0.15, -0.1) is 0 Å². The molecule has 2 heterocycles. The van der Waals surface area contributed by atoms with E-state index in [0.29, 0.717) is 21.9 Å². The Kier molecular flexibility index (Phi) is 4.78. The van der Waals surface area contributed by atoms with E-state index in [-0.39, 0.29) is 25.1 Å². The van der Waals surface area contributed by atoms with Gasteiger partial charge in [0.1, 0.15) is 13.2 Å². The molecule has 8 heteroatoms. The largest absolute Gasteiger partial charge is 0.456 e. The summed E-state index contributed by atoms with van der Waals surface area (Å²) in [4.78, 5) is 38.7. The van der Waals surface area contributed by atoms with E-state index >= 15 is 0 Å². The first-order valence-electron chi connectivity index (χ1n) is 9.06. The normalized spacial score (nSPS) is 22.6. The summed E-state index contributed by atoms with van der Waals surface area (Å²) in [6.45, 7) is -0.174. The fraction of sp³-hybridized carbons (Fsp3) is 0.421. The fourth-order valence-corrected chi connectivity index (χ4v) is 4.15. The van der Waals surface area contributed by atoms with Gasteiger partial charge in [-0.3, -0.25) is 9.69 Å². The van der Waals surface area contributed by atoms with Crippen LogP contribution in [0.3, 0.4) is 0 Å². The van der Waals surface area contributed by atoms with Gasteiger partial charge in [-0.1, -0.05) is 42.6 Å². The maximum absolute atomic E-state index is 12.7. The molecule has 3 amide bonds. The van der Waals surface area contributed by atoms with Crippen molar-refractivity contribution in [2.45, 2.75) is 37.8 Å². The molecule has 4 rings (SSSR count). The Morgan fingerprint density at radius 3 is 2.74 bits per heavy atom. The Bertz CT molecular complexity index is 832. The van der Waals surface area contributed by atoms with Gasteiger partial charge in [0, 0.05) is 11.1 Å². The summed E-state index contributed by atoms with van der Waals surface area (Å²) in [5, 5.41) is 6.19. The van der Waals surface area contributed by atoms with E-state index in [2.05, 4.69) is 10.6 Å². The number of urea groups is 1. The van der Waals surface area contributed by atoms with Crippen molar-refractivity contribution in [2.75, 3.05) is 13.2 Å². The first kappa shape index (κ1) is 17.9. The Balaban J connectivity index is 1.60. The Morgan fingerprint density at radius 1 is 1.26 bits per heavy atom. The van der Waals surface area contributed by atoms with E-state index in [9.17, 15) is 14.4 Å². The van der Waals surface area contributed by atoms with Crippen molar-refractivity contribution in [1.29, 1.82) is 0 Å². The number of carbonyl (C=O) groups is 3. The predicted molar refractivity (Wildman–Crippen MR) is 97.8 cm³/mol. The Hall–Kier alpha value is -2.54. The smallest absolute Gasteiger partial charge is 0.338 e. The summed E-state index contributed by atoms with van der Waals surface area (Å²) in [5.74, 6) is -0.740. The standard InChI is InChI=1S/C19H20ClN3O4/c20-13-8-4-3-7-12(13)17-16-14(10-27-18(16)25)23(19(26)22-17)9-15(24)21-11-5-1-2-6-11/h3-4,7-8,11,17H,1-2,5-6,9-10H2,(H,21,24)(H,22,26)/t17-/m0/s1. The molecule has 2 N–H and O–H groups in total. The lowest BCUT2D eigenvalue weighted by atomic mass is 9.95. The number of ether oxygens (including phenoxy) is 1. The maximum atomic E-state index is 12.7. The summed E-state index contributed by atoms with van der Waals surface area (Å²) < 4.78 is 5.16. The van der Waals surface area contributed by atoms with Crippen LogP contribution in [0.5, 0.6) is 0 Å². The van der Waals surface area contributed by atoms with Gasteiger partial charge in [0.25, 0.3) is 0 Å². The van der Waals surface area contributed by atoms with Gasteiger partial charge < -0.3 is 15.4 Å². The highest BCUT2D eigenvalue weighted by molar-refractivity contribution is 6.31. The molecule has 1 aromatic rings. The van der Waals surface area contributed by atoms with Crippen LogP contribution in [0, 0.1) is 0 Å². The predicted octanol–water partition coefficient (Wildman–Crippen LogP) is 2.28. The number of esters is 1. The zero-order valence-corrected chi connectivity index (χ0v) is 15.4. The van der Waals surface area contributed by atoms with Gasteiger partial charge >= 0.3 is 12.0 Å². The van der Waals surface area contributed by atoms with Gasteiger partial charge in [0.15, 0.2) is 0 Å². The van der Waals surface area contributed by atoms with Crippen LogP contribution in [-0.2, 0) is 14.3 Å². The minimum absolute atomic E-state index is 0.0285. The van der Waals surface area contributed by atoms with Crippen LogP contribution >= 0.6 is 11.6 Å². The molecule has 0 spiro atoms. The third-order valence-corrected chi connectivity index (χ3v) is 5.58. The van der Waals surface area contributed by atoms with Gasteiger partial charge in [-0.05, 0) is 24.5 Å². The molecule has 2 aliphatic heterocycles. The minimum atomic E-state index is -0.689. The second-order valence-electron chi connectivity index (χ2n) is 6.98. The number of nitrogens with zero attached hydrogens (tertiary/aromatic N) is 1. The van der Waals surface area contributed by atoms with Gasteiger partial charge in [-0.25, -0.2) is 9.59 Å². The van der Waals surface area contributed by atoms with Gasteiger partial charge in [0.05, 0.1) is 17.3 Å². The van der Waals surface area contributed by atoms with Crippen molar-refractivity contribution in [3.05, 3.63) is 46.1 Å². The topological polar surface area (TPSA) is 87.7 Å². The summed E-state index contributed by atoms with van der Waals surface area (Å²) >= 11 is 6.26. The average molecular weight is 390 g/mol. The summed E-state index contributed by atoms with van der Waals surface area (Å²) in [7, 11) is 0. The zero-order chi connectivity index (χ0) is 19.0. The number of benzene rings is 1. The van der Waals surface area contributed by atoms with Gasteiger partial charge in [-0.2, -0.15) is 0 Å². The molecule has 0 unspecified atom stereocenters. The molecule has 3 aliphatic rings. The summed E-state index contributed by atoms with van der Waals surface area (Å²) in [6.07, 6.45) is 4.13. The lowest BCUT2D eigenvalue weighted by molar-refractivity contribution is -0.136. The molecule has 1 aliphatic carbocycles. The van der Waals surface area contributed by atoms with Crippen molar-refractivity contribution in [3.63, 3.8) is 0 Å². The monoisotopic (exact) mass is 389 g/mol. The van der Waals surface area contributed by atoms with E-state index in [1.165, 1.54) is 4.90 Å². The van der Waals surface area contributed by atoms with Gasteiger partial charge in [0.2, 0.25) is 5.91 Å². The highest BCUT2D eigenvalue weighted by Crippen LogP contribution is 2.37. The fourth-order valence-electron chi connectivity index (χ4n) is 3.91. The summed E-state index contributed by atoms with van der Waals surface area (Å²) in [5.41, 5.74) is 1.38. The second kappa shape index (κ2) is 7.23. The van der Waals surface area contributed by atoms with E-state index in [4.69, 9.17) is 16.3 Å². The molecule has 0 aromatic heterocycles. The molecule has 27 heavy (non-hydrogen) atoms. The van der Waals surface area contributed by atoms with E-state index in [1.807, 2.05) is 0 Å². The molecule has 0 bridgehead atoms. The van der Waals surface area contributed by atoms with Crippen molar-refractivity contribution >= 4 is 29.5 Å². The third-order valence-electron chi connectivity index (χ3n) is 5.24. The van der Waals surface area contributed by atoms with Crippen LogP contribution in [0.15, 0.2) is 35.5 Å². The van der Waals surface area contributed by atoms with Crippen molar-refractivity contribution in [3.8, 4) is 0 Å². The number of rotatable bonds is 4. The first-order chi connectivity index (χ1) is 13.0. The molecule has 7 nitrogen and oxygen atoms in total. The molecule has 1 saturated carbocycles. The highest BCUT2D eigenvalue weighted by atomic mass is 35.5. The number of halogens is 1. The molecule has 0 radical (unpaired) electrons. The summed E-state index contributed by atoms with van der Waals surface area (Å²) in [6, 6.07) is 6.05. The first-order valence-corrected chi connectivity index (χ1v) is 9.44. The highest BCUT2D eigenvalue weighted by Gasteiger charge is 2.43. The number of hydrogen-bond donors (Lipinski definition) is 2. The number of hydrogen-bond acceptors (Lipinski definition) is 4. The molecule has 142 valence electrons. The van der Waals surface area contributed by atoms with Crippen LogP contribution in [-0.4, -0.2) is 42.0 Å². The van der Waals surface area contributed by atoms with Crippen molar-refractivity contribution < 1.29 is 19.1 Å². The Labute approximate surface area is 161 Å². The van der Waals surface area contributed by atoms with Crippen LogP contribution in [0.25, 0.3) is 0 Å². The van der Waals surface area contributed by atoms with Crippen LogP contribution in [0.2, 0.25) is 5.02 Å². The SMILES string of the molecule is O=C(CN1C(=O)N[C@@H](c2ccccc2Cl)C2=C1COC2=O)NC1CCCC1.